The van der Waals surface area contributed by atoms with Gasteiger partial charge in [-0.15, -0.1) is 0 Å². The van der Waals surface area contributed by atoms with E-state index in [4.69, 9.17) is 16.7 Å². The van der Waals surface area contributed by atoms with Crippen LogP contribution in [0.1, 0.15) is 30.7 Å². The van der Waals surface area contributed by atoms with Gasteiger partial charge in [-0.3, -0.25) is 4.79 Å². The van der Waals surface area contributed by atoms with Crippen molar-refractivity contribution in [1.29, 1.82) is 0 Å². The Morgan fingerprint density at radius 2 is 1.93 bits per heavy atom. The fraction of sp³-hybridized carbons (Fsp3) is 0.417. The Morgan fingerprint density at radius 1 is 1.33 bits per heavy atom. The molecule has 2 nitrogen and oxygen atoms in total. The van der Waals surface area contributed by atoms with Gasteiger partial charge < -0.3 is 5.11 Å². The minimum atomic E-state index is -0.686. The van der Waals surface area contributed by atoms with Crippen molar-refractivity contribution in [2.75, 3.05) is 0 Å². The van der Waals surface area contributed by atoms with Crippen LogP contribution in [0.15, 0.2) is 24.3 Å². The Kier molecular flexibility index (Phi) is 2.96. The monoisotopic (exact) mass is 224 g/mol. The standard InChI is InChI=1S/C12H13ClO2/c13-11-3-1-9(2-4-11)10-5-8(6-10)7-12(14)15/h1-4,8,10H,5-7H2,(H,14,15). The van der Waals surface area contributed by atoms with E-state index in [9.17, 15) is 4.79 Å². The first-order valence-corrected chi connectivity index (χ1v) is 5.50. The predicted octanol–water partition coefficient (Wildman–Crippen LogP) is 3.31. The highest BCUT2D eigenvalue weighted by molar-refractivity contribution is 6.30. The van der Waals surface area contributed by atoms with Crippen LogP contribution in [0.5, 0.6) is 0 Å². The predicted molar refractivity (Wildman–Crippen MR) is 59.2 cm³/mol. The molecule has 0 aliphatic heterocycles. The molecule has 0 bridgehead atoms. The smallest absolute Gasteiger partial charge is 0.303 e. The fourth-order valence-electron chi connectivity index (χ4n) is 2.16. The van der Waals surface area contributed by atoms with E-state index in [1.54, 1.807) is 0 Å². The number of carbonyl (C=O) groups is 1. The Hall–Kier alpha value is -1.02. The number of hydrogen-bond acceptors (Lipinski definition) is 1. The molecular formula is C12H13ClO2. The van der Waals surface area contributed by atoms with E-state index >= 15 is 0 Å². The molecule has 0 saturated heterocycles. The molecule has 0 amide bonds. The molecule has 1 N–H and O–H groups in total. The third kappa shape index (κ3) is 2.51. The molecule has 0 unspecified atom stereocenters. The average Bonchev–Trinajstić information content (AvgIpc) is 2.12. The van der Waals surface area contributed by atoms with Gasteiger partial charge in [0.15, 0.2) is 0 Å². The van der Waals surface area contributed by atoms with E-state index in [1.807, 2.05) is 24.3 Å². The normalized spacial score (nSPS) is 24.6. The molecule has 2 rings (SSSR count). The van der Waals surface area contributed by atoms with Gasteiger partial charge >= 0.3 is 5.97 Å². The third-order valence-corrected chi connectivity index (χ3v) is 3.29. The zero-order chi connectivity index (χ0) is 10.8. The van der Waals surface area contributed by atoms with Crippen LogP contribution in [-0.2, 0) is 4.79 Å². The molecule has 80 valence electrons. The summed E-state index contributed by atoms with van der Waals surface area (Å²) in [5.74, 6) is 0.212. The van der Waals surface area contributed by atoms with E-state index in [-0.39, 0.29) is 0 Å². The van der Waals surface area contributed by atoms with E-state index in [1.165, 1.54) is 5.56 Å². The molecule has 0 heterocycles. The van der Waals surface area contributed by atoms with Crippen molar-refractivity contribution in [3.63, 3.8) is 0 Å². The summed E-state index contributed by atoms with van der Waals surface area (Å²) < 4.78 is 0. The minimum absolute atomic E-state index is 0.310. The third-order valence-electron chi connectivity index (χ3n) is 3.04. The second-order valence-electron chi connectivity index (χ2n) is 4.18. The van der Waals surface area contributed by atoms with Crippen LogP contribution in [0.25, 0.3) is 0 Å². The molecule has 1 aliphatic rings. The van der Waals surface area contributed by atoms with Crippen LogP contribution < -0.4 is 0 Å². The number of rotatable bonds is 3. The van der Waals surface area contributed by atoms with Gasteiger partial charge in [-0.05, 0) is 42.4 Å². The van der Waals surface area contributed by atoms with Gasteiger partial charge in [0, 0.05) is 11.4 Å². The van der Waals surface area contributed by atoms with Crippen molar-refractivity contribution in [3.8, 4) is 0 Å². The number of halogens is 1. The van der Waals surface area contributed by atoms with Gasteiger partial charge in [0.25, 0.3) is 0 Å². The minimum Gasteiger partial charge on any atom is -0.481 e. The molecule has 1 aromatic carbocycles. The highest BCUT2D eigenvalue weighted by atomic mass is 35.5. The largest absolute Gasteiger partial charge is 0.481 e. The first-order valence-electron chi connectivity index (χ1n) is 5.12. The molecule has 0 spiro atoms. The number of aliphatic carboxylic acids is 1. The summed E-state index contributed by atoms with van der Waals surface area (Å²) in [6.45, 7) is 0. The summed E-state index contributed by atoms with van der Waals surface area (Å²) in [5, 5.41) is 9.37. The average molecular weight is 225 g/mol. The van der Waals surface area contributed by atoms with Crippen LogP contribution in [-0.4, -0.2) is 11.1 Å². The Labute approximate surface area is 93.9 Å². The molecule has 15 heavy (non-hydrogen) atoms. The topological polar surface area (TPSA) is 37.3 Å². The zero-order valence-corrected chi connectivity index (χ0v) is 9.07. The molecule has 0 atom stereocenters. The summed E-state index contributed by atoms with van der Waals surface area (Å²) in [6, 6.07) is 7.84. The van der Waals surface area contributed by atoms with Crippen molar-refractivity contribution in [2.45, 2.75) is 25.2 Å². The zero-order valence-electron chi connectivity index (χ0n) is 8.32. The second kappa shape index (κ2) is 4.23. The lowest BCUT2D eigenvalue weighted by Gasteiger charge is -2.34. The van der Waals surface area contributed by atoms with E-state index in [0.717, 1.165) is 17.9 Å². The van der Waals surface area contributed by atoms with Crippen molar-refractivity contribution >= 4 is 17.6 Å². The van der Waals surface area contributed by atoms with Crippen LogP contribution >= 0.6 is 11.6 Å². The Balaban J connectivity index is 1.89. The molecule has 0 radical (unpaired) electrons. The Morgan fingerprint density at radius 3 is 2.47 bits per heavy atom. The van der Waals surface area contributed by atoms with Crippen molar-refractivity contribution in [3.05, 3.63) is 34.9 Å². The van der Waals surface area contributed by atoms with Crippen molar-refractivity contribution < 1.29 is 9.90 Å². The van der Waals surface area contributed by atoms with E-state index in [2.05, 4.69) is 0 Å². The molecule has 1 saturated carbocycles. The molecule has 3 heteroatoms. The first kappa shape index (κ1) is 10.5. The van der Waals surface area contributed by atoms with E-state index in [0.29, 0.717) is 18.3 Å². The van der Waals surface area contributed by atoms with Crippen LogP contribution in [0.4, 0.5) is 0 Å². The fourth-order valence-corrected chi connectivity index (χ4v) is 2.28. The molecule has 1 aliphatic carbocycles. The quantitative estimate of drug-likeness (QED) is 0.855. The lowest BCUT2D eigenvalue weighted by Crippen LogP contribution is -2.24. The van der Waals surface area contributed by atoms with Gasteiger partial charge in [-0.2, -0.15) is 0 Å². The van der Waals surface area contributed by atoms with Crippen LogP contribution in [0, 0.1) is 5.92 Å². The second-order valence-corrected chi connectivity index (χ2v) is 4.62. The maximum Gasteiger partial charge on any atom is 0.303 e. The van der Waals surface area contributed by atoms with Gasteiger partial charge in [0.05, 0.1) is 0 Å². The lowest BCUT2D eigenvalue weighted by molar-refractivity contribution is -0.138. The highest BCUT2D eigenvalue weighted by Crippen LogP contribution is 2.43. The SMILES string of the molecule is O=C(O)CC1CC(c2ccc(Cl)cc2)C1. The van der Waals surface area contributed by atoms with Gasteiger partial charge in [-0.1, -0.05) is 23.7 Å². The molecule has 1 aromatic rings. The van der Waals surface area contributed by atoms with Crippen LogP contribution in [0.2, 0.25) is 5.02 Å². The highest BCUT2D eigenvalue weighted by Gasteiger charge is 2.31. The summed E-state index contributed by atoms with van der Waals surface area (Å²) >= 11 is 5.80. The molecular weight excluding hydrogens is 212 g/mol. The summed E-state index contributed by atoms with van der Waals surface area (Å²) in [5.41, 5.74) is 1.28. The number of hydrogen-bond donors (Lipinski definition) is 1. The van der Waals surface area contributed by atoms with Crippen molar-refractivity contribution in [1.82, 2.24) is 0 Å². The first-order chi connectivity index (χ1) is 7.15. The molecule has 1 fully saturated rings. The number of benzene rings is 1. The summed E-state index contributed by atoms with van der Waals surface area (Å²) in [7, 11) is 0. The van der Waals surface area contributed by atoms with Crippen molar-refractivity contribution in [2.24, 2.45) is 5.92 Å². The number of carboxylic acids is 1. The van der Waals surface area contributed by atoms with Gasteiger partial charge in [-0.25, -0.2) is 0 Å². The molecule has 0 aromatic heterocycles. The summed E-state index contributed by atoms with van der Waals surface area (Å²) in [6.07, 6.45) is 2.30. The summed E-state index contributed by atoms with van der Waals surface area (Å²) in [4.78, 5) is 10.5. The van der Waals surface area contributed by atoms with E-state index < -0.39 is 5.97 Å². The number of carboxylic acid groups (broad SMARTS) is 1. The Bertz CT molecular complexity index is 352. The maximum absolute atomic E-state index is 10.5. The van der Waals surface area contributed by atoms with Gasteiger partial charge in [0.1, 0.15) is 0 Å². The lowest BCUT2D eigenvalue weighted by atomic mass is 9.70. The van der Waals surface area contributed by atoms with Gasteiger partial charge in [0.2, 0.25) is 0 Å². The maximum atomic E-state index is 10.5. The van der Waals surface area contributed by atoms with Crippen LogP contribution in [0.3, 0.4) is 0 Å².